The van der Waals surface area contributed by atoms with Gasteiger partial charge in [0.25, 0.3) is 0 Å². The molecule has 0 saturated carbocycles. The quantitative estimate of drug-likeness (QED) is 0.310. The molecule has 1 saturated heterocycles. The van der Waals surface area contributed by atoms with E-state index < -0.39 is 42.7 Å². The van der Waals surface area contributed by atoms with E-state index in [0.29, 0.717) is 24.2 Å². The Bertz CT molecular complexity index is 1380. The molecule has 3 N–H and O–H groups in total. The molecule has 10 nitrogen and oxygen atoms in total. The van der Waals surface area contributed by atoms with Crippen LogP contribution in [-0.2, 0) is 31.3 Å². The summed E-state index contributed by atoms with van der Waals surface area (Å²) in [6.45, 7) is 5.73. The largest absolute Gasteiger partial charge is 0.497 e. The van der Waals surface area contributed by atoms with E-state index in [0.717, 1.165) is 6.42 Å². The van der Waals surface area contributed by atoms with E-state index in [9.17, 15) is 26.7 Å². The normalized spacial score (nSPS) is 18.0. The Labute approximate surface area is 251 Å². The first-order chi connectivity index (χ1) is 19.7. The molecule has 0 bridgehead atoms. The van der Waals surface area contributed by atoms with Crippen molar-refractivity contribution in [3.63, 3.8) is 0 Å². The molecule has 0 radical (unpaired) electrons. The third-order valence-electron chi connectivity index (χ3n) is 7.84. The summed E-state index contributed by atoms with van der Waals surface area (Å²) >= 11 is 0. The lowest BCUT2D eigenvalue weighted by Crippen LogP contribution is -2.60. The zero-order valence-corrected chi connectivity index (χ0v) is 26.6. The van der Waals surface area contributed by atoms with Crippen molar-refractivity contribution in [3.05, 3.63) is 60.2 Å². The van der Waals surface area contributed by atoms with Gasteiger partial charge in [-0.25, -0.2) is 21.1 Å². The fourth-order valence-corrected chi connectivity index (χ4v) is 9.74. The molecular weight excluding hydrogens is 578 g/mol. The second-order valence-corrected chi connectivity index (χ2v) is 15.6. The molecule has 1 aliphatic rings. The van der Waals surface area contributed by atoms with Crippen molar-refractivity contribution in [2.24, 2.45) is 17.6 Å². The van der Waals surface area contributed by atoms with Crippen LogP contribution in [-0.4, -0.2) is 80.6 Å². The van der Waals surface area contributed by atoms with Gasteiger partial charge in [0.05, 0.1) is 23.5 Å². The number of hydrogen-bond acceptors (Lipinski definition) is 7. The van der Waals surface area contributed by atoms with Crippen LogP contribution in [0.15, 0.2) is 59.5 Å². The van der Waals surface area contributed by atoms with Crippen molar-refractivity contribution in [1.29, 1.82) is 0 Å². The SMILES string of the molecule is COc1ccc(S(=O)(=O)N(CC[C@](O)(Cc2ccccc2)C(C(C)C(N)=O)S(=O)(=O)N2CCCCC2)CC(C)C)cc1. The van der Waals surface area contributed by atoms with Gasteiger partial charge in [0, 0.05) is 32.6 Å². The standard InChI is InChI=1S/C30H45N3O7S2/c1-23(2)22-33(41(36,37)27-15-13-26(40-4)14-16-27)20-17-30(35,21-25-11-7-5-8-12-25)28(24(3)29(31)34)42(38,39)32-18-9-6-10-19-32/h5,7-8,11-16,23-24,28,35H,6,9-10,17-22H2,1-4H3,(H2,31,34)/t24?,28?,30-/m0/s1. The molecule has 12 heteroatoms. The van der Waals surface area contributed by atoms with Gasteiger partial charge >= 0.3 is 0 Å². The summed E-state index contributed by atoms with van der Waals surface area (Å²) in [5.41, 5.74) is 4.33. The maximum atomic E-state index is 14.2. The molecule has 3 rings (SSSR count). The predicted molar refractivity (Wildman–Crippen MR) is 163 cm³/mol. The summed E-state index contributed by atoms with van der Waals surface area (Å²) in [6, 6.07) is 14.9. The number of sulfonamides is 2. The van der Waals surface area contributed by atoms with E-state index in [1.165, 1.54) is 34.8 Å². The molecule has 3 atom stereocenters. The van der Waals surface area contributed by atoms with Gasteiger partial charge in [-0.3, -0.25) is 4.79 Å². The second-order valence-electron chi connectivity index (χ2n) is 11.6. The lowest BCUT2D eigenvalue weighted by molar-refractivity contribution is -0.123. The molecule has 234 valence electrons. The summed E-state index contributed by atoms with van der Waals surface area (Å²) in [6.07, 6.45) is 1.90. The molecule has 2 aromatic rings. The summed E-state index contributed by atoms with van der Waals surface area (Å²) in [5, 5.41) is 10.9. The average molecular weight is 624 g/mol. The summed E-state index contributed by atoms with van der Waals surface area (Å²) in [4.78, 5) is 12.6. The van der Waals surface area contributed by atoms with Crippen LogP contribution < -0.4 is 10.5 Å². The van der Waals surface area contributed by atoms with E-state index >= 15 is 0 Å². The van der Waals surface area contributed by atoms with E-state index in [2.05, 4.69) is 0 Å². The predicted octanol–water partition coefficient (Wildman–Crippen LogP) is 3.01. The topological polar surface area (TPSA) is 147 Å². The van der Waals surface area contributed by atoms with Crippen molar-refractivity contribution >= 4 is 26.0 Å². The fraction of sp³-hybridized carbons (Fsp3) is 0.567. The molecule has 1 aliphatic heterocycles. The number of ether oxygens (including phenoxy) is 1. The number of methoxy groups -OCH3 is 1. The van der Waals surface area contributed by atoms with Crippen LogP contribution in [0.4, 0.5) is 0 Å². The van der Waals surface area contributed by atoms with Crippen LogP contribution in [0.1, 0.15) is 52.0 Å². The zero-order chi connectivity index (χ0) is 31.1. The molecular formula is C30H45N3O7S2. The van der Waals surface area contributed by atoms with Gasteiger partial charge in [0.1, 0.15) is 11.0 Å². The summed E-state index contributed by atoms with van der Waals surface area (Å²) in [5.74, 6) is -1.63. The zero-order valence-electron chi connectivity index (χ0n) is 25.0. The molecule has 2 aromatic carbocycles. The van der Waals surface area contributed by atoms with Crippen LogP contribution in [0.3, 0.4) is 0 Å². The number of benzene rings is 2. The lowest BCUT2D eigenvalue weighted by Gasteiger charge is -2.42. The number of piperidine rings is 1. The maximum Gasteiger partial charge on any atom is 0.243 e. The number of hydrogen-bond donors (Lipinski definition) is 2. The highest BCUT2D eigenvalue weighted by molar-refractivity contribution is 7.90. The number of carbonyl (C=O) groups is 1. The van der Waals surface area contributed by atoms with Gasteiger partial charge < -0.3 is 15.6 Å². The van der Waals surface area contributed by atoms with E-state index in [1.807, 2.05) is 19.9 Å². The van der Waals surface area contributed by atoms with E-state index in [-0.39, 0.29) is 49.8 Å². The second kappa shape index (κ2) is 14.3. The monoisotopic (exact) mass is 623 g/mol. The molecule has 0 aliphatic carbocycles. The van der Waals surface area contributed by atoms with Crippen LogP contribution in [0.25, 0.3) is 0 Å². The van der Waals surface area contributed by atoms with Crippen LogP contribution >= 0.6 is 0 Å². The van der Waals surface area contributed by atoms with Crippen LogP contribution in [0.5, 0.6) is 5.75 Å². The van der Waals surface area contributed by atoms with E-state index in [1.54, 1.807) is 36.4 Å². The summed E-state index contributed by atoms with van der Waals surface area (Å²) < 4.78 is 63.8. The van der Waals surface area contributed by atoms with Gasteiger partial charge in [0.2, 0.25) is 26.0 Å². The first kappa shape index (κ1) is 34.0. The molecule has 1 amide bonds. The van der Waals surface area contributed by atoms with Gasteiger partial charge in [-0.15, -0.1) is 0 Å². The summed E-state index contributed by atoms with van der Waals surface area (Å²) in [7, 11) is -6.74. The van der Waals surface area contributed by atoms with Crippen LogP contribution in [0.2, 0.25) is 0 Å². The first-order valence-corrected chi connectivity index (χ1v) is 17.4. The minimum Gasteiger partial charge on any atom is -0.497 e. The molecule has 42 heavy (non-hydrogen) atoms. The Morgan fingerprint density at radius 3 is 2.12 bits per heavy atom. The number of nitrogens with zero attached hydrogens (tertiary/aromatic N) is 2. The minimum absolute atomic E-state index is 0.0542. The molecule has 0 aromatic heterocycles. The number of primary amides is 1. The van der Waals surface area contributed by atoms with Gasteiger partial charge in [0.15, 0.2) is 0 Å². The van der Waals surface area contributed by atoms with Crippen molar-refractivity contribution in [3.8, 4) is 5.75 Å². The molecule has 2 unspecified atom stereocenters. The lowest BCUT2D eigenvalue weighted by atomic mass is 9.82. The highest BCUT2D eigenvalue weighted by Gasteiger charge is 2.52. The van der Waals surface area contributed by atoms with Crippen molar-refractivity contribution in [2.75, 3.05) is 33.3 Å². The van der Waals surface area contributed by atoms with Gasteiger partial charge in [-0.05, 0) is 55.0 Å². The maximum absolute atomic E-state index is 14.2. The number of rotatable bonds is 15. The first-order valence-electron chi connectivity index (χ1n) is 14.4. The highest BCUT2D eigenvalue weighted by atomic mass is 32.2. The Balaban J connectivity index is 2.08. The third kappa shape index (κ3) is 8.10. The smallest absolute Gasteiger partial charge is 0.243 e. The minimum atomic E-state index is -4.21. The molecule has 1 heterocycles. The van der Waals surface area contributed by atoms with Crippen molar-refractivity contribution in [1.82, 2.24) is 8.61 Å². The Morgan fingerprint density at radius 2 is 1.60 bits per heavy atom. The van der Waals surface area contributed by atoms with Crippen molar-refractivity contribution < 1.29 is 31.5 Å². The van der Waals surface area contributed by atoms with Gasteiger partial charge in [-0.1, -0.05) is 57.5 Å². The fourth-order valence-electron chi connectivity index (χ4n) is 5.64. The average Bonchev–Trinajstić information content (AvgIpc) is 2.96. The van der Waals surface area contributed by atoms with Crippen molar-refractivity contribution in [2.45, 2.75) is 68.6 Å². The van der Waals surface area contributed by atoms with E-state index in [4.69, 9.17) is 10.5 Å². The Hall–Kier alpha value is -2.51. The van der Waals surface area contributed by atoms with Crippen LogP contribution in [0, 0.1) is 11.8 Å². The van der Waals surface area contributed by atoms with Gasteiger partial charge in [-0.2, -0.15) is 4.31 Å². The molecule has 0 spiro atoms. The Morgan fingerprint density at radius 1 is 1.00 bits per heavy atom. The number of aliphatic hydroxyl groups is 1. The Kier molecular flexibility index (Phi) is 11.6. The number of nitrogens with two attached hydrogens (primary N) is 1. The molecule has 1 fully saturated rings. The number of amides is 1. The third-order valence-corrected chi connectivity index (χ3v) is 12.3. The number of carbonyl (C=O) groups excluding carboxylic acids is 1. The highest BCUT2D eigenvalue weighted by Crippen LogP contribution is 2.35.